The average Bonchev–Trinajstić information content (AvgIpc) is 3.32. The van der Waals surface area contributed by atoms with Crippen LogP contribution in [-0.4, -0.2) is 34.5 Å². The van der Waals surface area contributed by atoms with Crippen LogP contribution in [0.15, 0.2) is 40.7 Å². The molecule has 14 heteroatoms. The maximum Gasteiger partial charge on any atom is 0.392 e. The van der Waals surface area contributed by atoms with Gasteiger partial charge in [0.15, 0.2) is 11.6 Å². The van der Waals surface area contributed by atoms with Crippen molar-refractivity contribution in [1.82, 2.24) is 4.98 Å². The normalized spacial score (nSPS) is 15.4. The molecule has 3 aromatic rings. The minimum Gasteiger partial charge on any atom is -0.504 e. The van der Waals surface area contributed by atoms with Gasteiger partial charge in [0, 0.05) is 70.2 Å². The first kappa shape index (κ1) is 30.6. The summed E-state index contributed by atoms with van der Waals surface area (Å²) in [7, 11) is 1.30. The predicted octanol–water partition coefficient (Wildman–Crippen LogP) is 7.37. The number of ether oxygens (including phenoxy) is 1. The Labute approximate surface area is 255 Å². The van der Waals surface area contributed by atoms with E-state index in [1.165, 1.54) is 25.3 Å². The number of aromatic hydroxyl groups is 1. The molecule has 4 rings (SSSR count). The number of methoxy groups -OCH3 is 1. The second-order valence-corrected chi connectivity index (χ2v) is 9.78. The molecule has 199 valence electrons. The van der Waals surface area contributed by atoms with Crippen LogP contribution in [-0.2, 0) is 0 Å². The minimum absolute atomic E-state index is 0. The standard InChI is InChI=1S/C24H19F5N2O4S2.Pr/c1-35-18-8-15(23(33)34)16(25)9-17(18)31-37-19-10-36-22(30-19)14-7-6-13(21(32)20(14)26)11-2-4-12(5-3-11)24(27,28)29;/h2,6-10,12,31-32H,3-5H2,1H3,(H,33,34);. The Kier molecular flexibility index (Phi) is 10.0. The van der Waals surface area contributed by atoms with Crippen LogP contribution in [0.1, 0.15) is 35.2 Å². The van der Waals surface area contributed by atoms with Crippen molar-refractivity contribution in [3.05, 3.63) is 58.5 Å². The monoisotopic (exact) mass is 699 g/mol. The first-order chi connectivity index (χ1) is 17.5. The average molecular weight is 699 g/mol. The van der Waals surface area contributed by atoms with Crippen molar-refractivity contribution in [1.29, 1.82) is 0 Å². The van der Waals surface area contributed by atoms with E-state index in [4.69, 9.17) is 9.84 Å². The number of anilines is 1. The van der Waals surface area contributed by atoms with E-state index in [9.17, 15) is 27.5 Å². The number of phenolic OH excluding ortho intramolecular Hbond substituents is 1. The van der Waals surface area contributed by atoms with Gasteiger partial charge in [-0.2, -0.15) is 13.2 Å². The second-order valence-electron chi connectivity index (χ2n) is 8.10. The molecule has 0 saturated carbocycles. The van der Waals surface area contributed by atoms with Gasteiger partial charge in [0.25, 0.3) is 0 Å². The van der Waals surface area contributed by atoms with Crippen LogP contribution in [0, 0.1) is 58.8 Å². The SMILES string of the molecule is COc1cc(C(=O)O)c(F)cc1NSc1csc(-c2ccc(C3=CCC(C(F)(F)F)CC3)c(O)c2F)n1.[Pr]. The Morgan fingerprint density at radius 3 is 2.55 bits per heavy atom. The van der Waals surface area contributed by atoms with Crippen molar-refractivity contribution in [2.75, 3.05) is 11.8 Å². The van der Waals surface area contributed by atoms with Crippen LogP contribution >= 0.6 is 23.3 Å². The molecule has 2 aromatic carbocycles. The number of aromatic carboxylic acids is 1. The Morgan fingerprint density at radius 1 is 1.24 bits per heavy atom. The van der Waals surface area contributed by atoms with Gasteiger partial charge in [-0.3, -0.25) is 0 Å². The summed E-state index contributed by atoms with van der Waals surface area (Å²) in [4.78, 5) is 15.4. The van der Waals surface area contributed by atoms with Crippen LogP contribution < -0.4 is 9.46 Å². The van der Waals surface area contributed by atoms with Crippen molar-refractivity contribution in [3.63, 3.8) is 0 Å². The van der Waals surface area contributed by atoms with Crippen molar-refractivity contribution in [2.24, 2.45) is 5.92 Å². The summed E-state index contributed by atoms with van der Waals surface area (Å²) in [6.07, 6.45) is -3.20. The van der Waals surface area contributed by atoms with Crippen LogP contribution in [0.25, 0.3) is 16.1 Å². The molecule has 6 nitrogen and oxygen atoms in total. The van der Waals surface area contributed by atoms with Gasteiger partial charge in [-0.05, 0) is 37.0 Å². The zero-order valence-electron chi connectivity index (χ0n) is 19.6. The molecule has 1 aromatic heterocycles. The van der Waals surface area contributed by atoms with Gasteiger partial charge in [0.05, 0.1) is 29.8 Å². The number of benzene rings is 2. The van der Waals surface area contributed by atoms with Gasteiger partial charge in [-0.25, -0.2) is 18.6 Å². The molecule has 0 aliphatic heterocycles. The van der Waals surface area contributed by atoms with Crippen LogP contribution in [0.3, 0.4) is 0 Å². The number of phenols is 1. The number of alkyl halides is 3. The van der Waals surface area contributed by atoms with E-state index in [0.717, 1.165) is 35.4 Å². The van der Waals surface area contributed by atoms with Gasteiger partial charge in [-0.15, -0.1) is 11.3 Å². The summed E-state index contributed by atoms with van der Waals surface area (Å²) < 4.78 is 75.8. The van der Waals surface area contributed by atoms with Crippen molar-refractivity contribution in [2.45, 2.75) is 30.5 Å². The van der Waals surface area contributed by atoms with E-state index >= 15 is 4.39 Å². The number of halogens is 5. The molecule has 1 unspecified atom stereocenters. The van der Waals surface area contributed by atoms with Gasteiger partial charge >= 0.3 is 12.1 Å². The number of hydrogen-bond donors (Lipinski definition) is 3. The van der Waals surface area contributed by atoms with E-state index in [1.54, 1.807) is 5.38 Å². The fraction of sp³-hybridized carbons (Fsp3) is 0.250. The van der Waals surface area contributed by atoms with E-state index in [0.29, 0.717) is 10.6 Å². The van der Waals surface area contributed by atoms with Crippen molar-refractivity contribution < 1.29 is 83.0 Å². The fourth-order valence-electron chi connectivity index (χ4n) is 3.87. The van der Waals surface area contributed by atoms with Gasteiger partial charge in [0.2, 0.25) is 0 Å². The zero-order valence-corrected chi connectivity index (χ0v) is 24.9. The molecule has 1 atom stereocenters. The van der Waals surface area contributed by atoms with Crippen LogP contribution in [0.2, 0.25) is 0 Å². The molecule has 38 heavy (non-hydrogen) atoms. The summed E-state index contributed by atoms with van der Waals surface area (Å²) in [6, 6.07) is 4.87. The van der Waals surface area contributed by atoms with Crippen molar-refractivity contribution in [3.8, 4) is 22.1 Å². The molecule has 1 heterocycles. The summed E-state index contributed by atoms with van der Waals surface area (Å²) in [5, 5.41) is 21.7. The molecule has 0 saturated heterocycles. The van der Waals surface area contributed by atoms with Crippen molar-refractivity contribution >= 4 is 40.5 Å². The second kappa shape index (κ2) is 12.5. The van der Waals surface area contributed by atoms with Gasteiger partial charge in [0.1, 0.15) is 21.6 Å². The van der Waals surface area contributed by atoms with Crippen LogP contribution in [0.4, 0.5) is 27.6 Å². The van der Waals surface area contributed by atoms with Gasteiger partial charge in [-0.1, -0.05) is 12.1 Å². The minimum atomic E-state index is -4.30. The topological polar surface area (TPSA) is 91.7 Å². The van der Waals surface area contributed by atoms with E-state index in [2.05, 4.69) is 9.71 Å². The smallest absolute Gasteiger partial charge is 0.392 e. The number of hydrogen-bond acceptors (Lipinski definition) is 7. The zero-order chi connectivity index (χ0) is 26.9. The maximum absolute atomic E-state index is 15.1. The Morgan fingerprint density at radius 2 is 1.95 bits per heavy atom. The van der Waals surface area contributed by atoms with Gasteiger partial charge < -0.3 is 19.7 Å². The van der Waals surface area contributed by atoms with Crippen LogP contribution in [0.5, 0.6) is 11.5 Å². The summed E-state index contributed by atoms with van der Waals surface area (Å²) in [6.45, 7) is 0. The predicted molar refractivity (Wildman–Crippen MR) is 130 cm³/mol. The molecule has 0 amide bonds. The number of rotatable bonds is 7. The molecule has 0 bridgehead atoms. The molecule has 0 spiro atoms. The summed E-state index contributed by atoms with van der Waals surface area (Å²) in [5.41, 5.74) is 0.223. The number of carboxylic acids is 1. The Bertz CT molecular complexity index is 1380. The number of nitrogens with zero attached hydrogens (tertiary/aromatic N) is 1. The molecule has 1 aliphatic carbocycles. The third kappa shape index (κ3) is 6.60. The third-order valence-corrected chi connectivity index (χ3v) is 7.60. The number of thiazole rings is 1. The summed E-state index contributed by atoms with van der Waals surface area (Å²) >= 11 is 2.03. The largest absolute Gasteiger partial charge is 0.504 e. The summed E-state index contributed by atoms with van der Waals surface area (Å²) in [5.74, 6) is -5.37. The maximum atomic E-state index is 15.1. The molecule has 3 N–H and O–H groups in total. The molecule has 1 aliphatic rings. The fourth-order valence-corrected chi connectivity index (χ4v) is 5.47. The number of carboxylic acid groups (broad SMARTS) is 1. The molecule has 1 radical (unpaired) electrons. The quantitative estimate of drug-likeness (QED) is 0.175. The number of nitrogens with one attached hydrogen (secondary N) is 1. The Balaban J connectivity index is 0.00000400. The first-order valence-electron chi connectivity index (χ1n) is 10.8. The number of allylic oxidation sites excluding steroid dienone is 2. The molecule has 0 fully saturated rings. The first-order valence-corrected chi connectivity index (χ1v) is 12.5. The van der Waals surface area contributed by atoms with E-state index in [1.807, 2.05) is 0 Å². The number of aromatic nitrogens is 1. The third-order valence-electron chi connectivity index (χ3n) is 5.83. The number of carbonyl (C=O) groups is 1. The molecular weight excluding hydrogens is 680 g/mol. The van der Waals surface area contributed by atoms with E-state index in [-0.39, 0.29) is 88.1 Å². The van der Waals surface area contributed by atoms with E-state index < -0.39 is 41.0 Å². The Hall–Kier alpha value is -1.96. The molecular formula is C24H19F5N2O4PrS2.